The minimum Gasteiger partial charge on any atom is -0.502 e. The lowest BCUT2D eigenvalue weighted by molar-refractivity contribution is -0.139. The third-order valence-corrected chi connectivity index (χ3v) is 2.99. The zero-order valence-corrected chi connectivity index (χ0v) is 16.0. The van der Waals surface area contributed by atoms with Crippen molar-refractivity contribution in [1.29, 1.82) is 0 Å². The number of carbonyl (C=O) groups is 3. The first-order chi connectivity index (χ1) is 12.5. The zero-order chi connectivity index (χ0) is 21.2. The van der Waals surface area contributed by atoms with Crippen LogP contribution in [0.25, 0.3) is 0 Å². The predicted octanol–water partition coefficient (Wildman–Crippen LogP) is 2.16. The molecular weight excluding hydrogens is 353 g/mol. The second-order valence-corrected chi connectivity index (χ2v) is 6.38. The molecule has 8 nitrogen and oxygen atoms in total. The van der Waals surface area contributed by atoms with E-state index in [4.69, 9.17) is 9.84 Å². The molecule has 0 aromatic rings. The molecule has 1 atom stereocenters. The summed E-state index contributed by atoms with van der Waals surface area (Å²) in [7, 11) is -1.18. The van der Waals surface area contributed by atoms with Crippen LogP contribution < -0.4 is 5.32 Å². The molecule has 0 aromatic heterocycles. The van der Waals surface area contributed by atoms with Crippen molar-refractivity contribution in [2.75, 3.05) is 0 Å². The smallest absolute Gasteiger partial charge is 0.502 e. The number of rotatable bonds is 5. The highest BCUT2D eigenvalue weighted by atomic mass is 16.6. The fraction of sp³-hybridized carbons (Fsp3) is 0.389. The number of amides is 1. The van der Waals surface area contributed by atoms with Gasteiger partial charge in [-0.25, -0.2) is 14.4 Å². The highest BCUT2D eigenvalue weighted by Crippen LogP contribution is 2.22. The Bertz CT molecular complexity index is 647. The van der Waals surface area contributed by atoms with Gasteiger partial charge in [0.15, 0.2) is 0 Å². The molecule has 1 unspecified atom stereocenters. The molecule has 1 aliphatic heterocycles. The van der Waals surface area contributed by atoms with Crippen LogP contribution in [0.15, 0.2) is 48.5 Å². The van der Waals surface area contributed by atoms with Crippen molar-refractivity contribution in [3.8, 4) is 0 Å². The Morgan fingerprint density at radius 3 is 2.26 bits per heavy atom. The van der Waals surface area contributed by atoms with Gasteiger partial charge in [-0.1, -0.05) is 38.3 Å². The van der Waals surface area contributed by atoms with Gasteiger partial charge in [-0.3, -0.25) is 0 Å². The lowest BCUT2D eigenvalue weighted by Gasteiger charge is -2.21. The Kier molecular flexibility index (Phi) is 9.88. The second kappa shape index (κ2) is 11.0. The van der Waals surface area contributed by atoms with Crippen LogP contribution in [0.3, 0.4) is 0 Å². The molecule has 0 saturated carbocycles. The topological polar surface area (TPSA) is 122 Å². The van der Waals surface area contributed by atoms with Crippen molar-refractivity contribution < 1.29 is 33.9 Å². The van der Waals surface area contributed by atoms with E-state index in [0.29, 0.717) is 17.5 Å². The van der Waals surface area contributed by atoms with Crippen molar-refractivity contribution in [2.24, 2.45) is 0 Å². The van der Waals surface area contributed by atoms with E-state index in [0.717, 1.165) is 0 Å². The van der Waals surface area contributed by atoms with E-state index in [-0.39, 0.29) is 0 Å². The highest BCUT2D eigenvalue weighted by molar-refractivity contribution is 6.61. The lowest BCUT2D eigenvalue weighted by atomic mass is 9.77. The standard InChI is InChI=1S/C9H9BO3.C9H17NO4/c1-3-5-7-8(6-4-2)10(12)13-9(7)11;1-5-6(7(11)12)10-8(13)14-9(2,3)4/h3-6,12H,1-2H2;6H,5H2,1-4H3,(H,10,13)(H,11,12)/b7-5+,8-6+;. The van der Waals surface area contributed by atoms with Gasteiger partial charge in [0.25, 0.3) is 0 Å². The minimum atomic E-state index is -1.18. The summed E-state index contributed by atoms with van der Waals surface area (Å²) in [6.07, 6.45) is 5.60. The summed E-state index contributed by atoms with van der Waals surface area (Å²) in [6.45, 7) is 13.8. The van der Waals surface area contributed by atoms with Crippen molar-refractivity contribution in [3.05, 3.63) is 48.5 Å². The molecule has 0 bridgehead atoms. The van der Waals surface area contributed by atoms with Gasteiger partial charge in [0.05, 0.1) is 5.57 Å². The van der Waals surface area contributed by atoms with Gasteiger partial charge in [-0.2, -0.15) is 0 Å². The number of carboxylic acid groups (broad SMARTS) is 1. The Balaban J connectivity index is 0.000000501. The Labute approximate surface area is 159 Å². The summed E-state index contributed by atoms with van der Waals surface area (Å²) in [6, 6.07) is -0.884. The fourth-order valence-electron chi connectivity index (χ4n) is 1.85. The number of hydrogen-bond acceptors (Lipinski definition) is 6. The molecule has 148 valence electrons. The van der Waals surface area contributed by atoms with E-state index in [1.165, 1.54) is 24.3 Å². The molecule has 0 radical (unpaired) electrons. The molecule has 27 heavy (non-hydrogen) atoms. The van der Waals surface area contributed by atoms with E-state index in [9.17, 15) is 19.4 Å². The summed E-state index contributed by atoms with van der Waals surface area (Å²) >= 11 is 0. The predicted molar refractivity (Wildman–Crippen MR) is 102 cm³/mol. The van der Waals surface area contributed by atoms with Gasteiger partial charge in [-0.05, 0) is 33.3 Å². The molecule has 1 aliphatic rings. The lowest BCUT2D eigenvalue weighted by Crippen LogP contribution is -2.43. The van der Waals surface area contributed by atoms with Gasteiger partial charge in [0.2, 0.25) is 0 Å². The molecular formula is C18H26BNO7. The summed E-state index contributed by atoms with van der Waals surface area (Å²) < 4.78 is 9.48. The van der Waals surface area contributed by atoms with Crippen LogP contribution in [0.4, 0.5) is 4.79 Å². The first-order valence-electron chi connectivity index (χ1n) is 8.23. The quantitative estimate of drug-likeness (QED) is 0.494. The van der Waals surface area contributed by atoms with Crippen LogP contribution in [0.5, 0.6) is 0 Å². The Morgan fingerprint density at radius 1 is 1.30 bits per heavy atom. The normalized spacial score (nSPS) is 17.5. The number of carbonyl (C=O) groups excluding carboxylic acids is 2. The molecule has 1 rings (SSSR count). The number of alkyl carbamates (subject to hydrolysis) is 1. The summed E-state index contributed by atoms with van der Waals surface area (Å²) in [5.74, 6) is -1.60. The Hall–Kier alpha value is -2.81. The molecule has 0 spiro atoms. The van der Waals surface area contributed by atoms with Crippen molar-refractivity contribution in [2.45, 2.75) is 45.8 Å². The second-order valence-electron chi connectivity index (χ2n) is 6.38. The third-order valence-electron chi connectivity index (χ3n) is 2.99. The van der Waals surface area contributed by atoms with Gasteiger partial charge in [-0.15, -0.1) is 0 Å². The van der Waals surface area contributed by atoms with Crippen molar-refractivity contribution in [1.82, 2.24) is 5.32 Å². The maximum atomic E-state index is 11.1. The van der Waals surface area contributed by atoms with E-state index in [1.807, 2.05) is 0 Å². The SMILES string of the molecule is C=C/C=C1/B(O)OC(=O)/C1=C/C=C.CCC(NC(=O)OC(C)(C)C)C(=O)O. The molecule has 1 fully saturated rings. The molecule has 1 amide bonds. The molecule has 1 saturated heterocycles. The van der Waals surface area contributed by atoms with Crippen LogP contribution in [-0.4, -0.2) is 46.9 Å². The minimum absolute atomic E-state index is 0.322. The largest absolute Gasteiger partial charge is 0.563 e. The van der Waals surface area contributed by atoms with Crippen LogP contribution in [0.2, 0.25) is 0 Å². The van der Waals surface area contributed by atoms with Crippen LogP contribution in [0, 0.1) is 0 Å². The molecule has 0 aliphatic carbocycles. The van der Waals surface area contributed by atoms with Crippen molar-refractivity contribution >= 4 is 25.2 Å². The van der Waals surface area contributed by atoms with Crippen LogP contribution in [0.1, 0.15) is 34.1 Å². The van der Waals surface area contributed by atoms with Gasteiger partial charge in [0, 0.05) is 5.47 Å². The first kappa shape index (κ1) is 24.2. The average Bonchev–Trinajstić information content (AvgIpc) is 2.79. The Morgan fingerprint density at radius 2 is 1.85 bits per heavy atom. The number of ether oxygens (including phenoxy) is 1. The maximum absolute atomic E-state index is 11.1. The fourth-order valence-corrected chi connectivity index (χ4v) is 1.85. The summed E-state index contributed by atoms with van der Waals surface area (Å²) in [5.41, 5.74) is 0.128. The van der Waals surface area contributed by atoms with E-state index < -0.39 is 36.8 Å². The number of nitrogens with one attached hydrogen (secondary N) is 1. The molecule has 1 heterocycles. The number of aliphatic carboxylic acids is 1. The maximum Gasteiger partial charge on any atom is 0.563 e. The third kappa shape index (κ3) is 8.91. The van der Waals surface area contributed by atoms with Gasteiger partial charge < -0.3 is 24.8 Å². The number of allylic oxidation sites excluding steroid dienone is 4. The monoisotopic (exact) mass is 379 g/mol. The van der Waals surface area contributed by atoms with E-state index >= 15 is 0 Å². The average molecular weight is 379 g/mol. The zero-order valence-electron chi connectivity index (χ0n) is 16.0. The highest BCUT2D eigenvalue weighted by Gasteiger charge is 2.37. The van der Waals surface area contributed by atoms with E-state index in [1.54, 1.807) is 27.7 Å². The van der Waals surface area contributed by atoms with Gasteiger partial charge >= 0.3 is 25.2 Å². The number of carboxylic acids is 1. The van der Waals surface area contributed by atoms with Crippen LogP contribution in [-0.2, 0) is 19.0 Å². The summed E-state index contributed by atoms with van der Waals surface area (Å²) in [5, 5.41) is 20.2. The van der Waals surface area contributed by atoms with Gasteiger partial charge in [0.1, 0.15) is 11.6 Å². The molecule has 0 aromatic carbocycles. The number of hydrogen-bond donors (Lipinski definition) is 3. The molecule has 3 N–H and O–H groups in total. The first-order valence-corrected chi connectivity index (χ1v) is 8.23. The summed E-state index contributed by atoms with van der Waals surface area (Å²) in [4.78, 5) is 32.8. The van der Waals surface area contributed by atoms with Crippen LogP contribution >= 0.6 is 0 Å². The molecule has 9 heteroatoms. The van der Waals surface area contributed by atoms with Crippen molar-refractivity contribution in [3.63, 3.8) is 0 Å². The van der Waals surface area contributed by atoms with E-state index in [2.05, 4.69) is 23.1 Å².